The molecule has 0 saturated heterocycles. The van der Waals surface area contributed by atoms with Crippen LogP contribution in [0.3, 0.4) is 0 Å². The van der Waals surface area contributed by atoms with Gasteiger partial charge in [-0.15, -0.1) is 0 Å². The van der Waals surface area contributed by atoms with Crippen LogP contribution < -0.4 is 11.3 Å². The molecule has 0 bridgehead atoms. The van der Waals surface area contributed by atoms with Gasteiger partial charge in [-0.25, -0.2) is 4.39 Å². The second-order valence-corrected chi connectivity index (χ2v) is 5.02. The van der Waals surface area contributed by atoms with Gasteiger partial charge in [-0.05, 0) is 30.2 Å². The molecule has 0 aliphatic carbocycles. The molecule has 1 atom stereocenters. The van der Waals surface area contributed by atoms with Crippen molar-refractivity contribution >= 4 is 23.2 Å². The number of hydrogen-bond acceptors (Lipinski definition) is 2. The first kappa shape index (κ1) is 14.3. The maximum absolute atomic E-state index is 13.7. The summed E-state index contributed by atoms with van der Waals surface area (Å²) >= 11 is 12.0. The molecular formula is C14H13Cl2FN2. The smallest absolute Gasteiger partial charge is 0.128 e. The second-order valence-electron chi connectivity index (χ2n) is 4.18. The number of hydrogen-bond donors (Lipinski definition) is 2. The minimum absolute atomic E-state index is 0.296. The molecule has 0 amide bonds. The van der Waals surface area contributed by atoms with Crippen LogP contribution in [0.1, 0.15) is 17.2 Å². The molecule has 3 N–H and O–H groups in total. The van der Waals surface area contributed by atoms with E-state index < -0.39 is 0 Å². The number of nitrogens with one attached hydrogen (secondary N) is 1. The molecule has 0 saturated carbocycles. The van der Waals surface area contributed by atoms with Crippen LogP contribution in [0.5, 0.6) is 0 Å². The Morgan fingerprint density at radius 2 is 1.89 bits per heavy atom. The van der Waals surface area contributed by atoms with Crippen molar-refractivity contribution in [1.29, 1.82) is 0 Å². The van der Waals surface area contributed by atoms with E-state index in [-0.39, 0.29) is 11.9 Å². The van der Waals surface area contributed by atoms with Crippen LogP contribution >= 0.6 is 23.2 Å². The fourth-order valence-electron chi connectivity index (χ4n) is 1.92. The molecule has 0 aliphatic heterocycles. The Bertz CT molecular complexity index is 575. The van der Waals surface area contributed by atoms with E-state index in [0.29, 0.717) is 22.0 Å². The van der Waals surface area contributed by atoms with Crippen LogP contribution in [0.2, 0.25) is 10.0 Å². The molecule has 2 nitrogen and oxygen atoms in total. The van der Waals surface area contributed by atoms with Crippen LogP contribution in [-0.2, 0) is 6.42 Å². The van der Waals surface area contributed by atoms with Crippen molar-refractivity contribution in [2.75, 3.05) is 0 Å². The van der Waals surface area contributed by atoms with Gasteiger partial charge in [0, 0.05) is 15.6 Å². The summed E-state index contributed by atoms with van der Waals surface area (Å²) in [6, 6.07) is 11.4. The van der Waals surface area contributed by atoms with Crippen molar-refractivity contribution in [1.82, 2.24) is 5.43 Å². The number of hydrazine groups is 1. The fourth-order valence-corrected chi connectivity index (χ4v) is 2.41. The Morgan fingerprint density at radius 3 is 2.53 bits per heavy atom. The minimum atomic E-state index is -0.347. The van der Waals surface area contributed by atoms with Gasteiger partial charge in [-0.3, -0.25) is 11.3 Å². The van der Waals surface area contributed by atoms with Gasteiger partial charge in [0.15, 0.2) is 0 Å². The molecule has 5 heteroatoms. The molecule has 2 aromatic rings. The van der Waals surface area contributed by atoms with Crippen molar-refractivity contribution < 1.29 is 4.39 Å². The monoisotopic (exact) mass is 298 g/mol. The summed E-state index contributed by atoms with van der Waals surface area (Å²) < 4.78 is 13.7. The SMILES string of the molecule is NNC(Cc1ccc(Cl)cc1Cl)c1ccccc1F. The first-order valence-electron chi connectivity index (χ1n) is 5.76. The molecule has 1 unspecified atom stereocenters. The van der Waals surface area contributed by atoms with Crippen LogP contribution in [0.15, 0.2) is 42.5 Å². The summed E-state index contributed by atoms with van der Waals surface area (Å²) in [7, 11) is 0. The van der Waals surface area contributed by atoms with Gasteiger partial charge >= 0.3 is 0 Å². The number of benzene rings is 2. The van der Waals surface area contributed by atoms with Crippen LogP contribution in [-0.4, -0.2) is 0 Å². The molecule has 100 valence electrons. The standard InChI is InChI=1S/C14H13Cl2FN2/c15-10-6-5-9(12(16)8-10)7-14(19-18)11-3-1-2-4-13(11)17/h1-6,8,14,19H,7,18H2. The van der Waals surface area contributed by atoms with E-state index in [2.05, 4.69) is 5.43 Å². The van der Waals surface area contributed by atoms with E-state index in [0.717, 1.165) is 5.56 Å². The average Bonchev–Trinajstić information content (AvgIpc) is 2.39. The molecule has 0 aliphatic rings. The molecule has 0 spiro atoms. The third-order valence-electron chi connectivity index (χ3n) is 2.92. The Balaban J connectivity index is 2.27. The zero-order chi connectivity index (χ0) is 13.8. The van der Waals surface area contributed by atoms with E-state index in [1.54, 1.807) is 30.3 Å². The van der Waals surface area contributed by atoms with Crippen molar-refractivity contribution in [2.45, 2.75) is 12.5 Å². The molecule has 0 aromatic heterocycles. The van der Waals surface area contributed by atoms with Crippen molar-refractivity contribution in [3.05, 3.63) is 69.5 Å². The summed E-state index contributed by atoms with van der Waals surface area (Å²) in [5.41, 5.74) is 3.99. The molecular weight excluding hydrogens is 286 g/mol. The number of rotatable bonds is 4. The molecule has 0 radical (unpaired) electrons. The van der Waals surface area contributed by atoms with Gasteiger partial charge in [0.1, 0.15) is 5.82 Å². The maximum atomic E-state index is 13.7. The predicted molar refractivity (Wildman–Crippen MR) is 76.6 cm³/mol. The van der Waals surface area contributed by atoms with Crippen molar-refractivity contribution in [2.24, 2.45) is 5.84 Å². The van der Waals surface area contributed by atoms with E-state index in [4.69, 9.17) is 29.0 Å². The predicted octanol–water partition coefficient (Wildman–Crippen LogP) is 3.88. The summed E-state index contributed by atoms with van der Waals surface area (Å²) in [5.74, 6) is 5.22. The maximum Gasteiger partial charge on any atom is 0.128 e. The zero-order valence-corrected chi connectivity index (χ0v) is 11.5. The van der Waals surface area contributed by atoms with Crippen molar-refractivity contribution in [3.63, 3.8) is 0 Å². The van der Waals surface area contributed by atoms with E-state index in [1.807, 2.05) is 6.07 Å². The highest BCUT2D eigenvalue weighted by molar-refractivity contribution is 6.35. The van der Waals surface area contributed by atoms with Crippen LogP contribution in [0, 0.1) is 5.82 Å². The average molecular weight is 299 g/mol. The highest BCUT2D eigenvalue weighted by Gasteiger charge is 2.16. The molecule has 0 fully saturated rings. The fraction of sp³-hybridized carbons (Fsp3) is 0.143. The highest BCUT2D eigenvalue weighted by atomic mass is 35.5. The molecule has 2 aromatic carbocycles. The Kier molecular flexibility index (Phi) is 4.77. The van der Waals surface area contributed by atoms with Gasteiger partial charge < -0.3 is 0 Å². The summed E-state index contributed by atoms with van der Waals surface area (Å²) in [6.07, 6.45) is 0.480. The van der Waals surface area contributed by atoms with Crippen LogP contribution in [0.4, 0.5) is 4.39 Å². The minimum Gasteiger partial charge on any atom is -0.271 e. The third kappa shape index (κ3) is 3.45. The van der Waals surface area contributed by atoms with Crippen LogP contribution in [0.25, 0.3) is 0 Å². The third-order valence-corrected chi connectivity index (χ3v) is 3.51. The van der Waals surface area contributed by atoms with Gasteiger partial charge in [0.25, 0.3) is 0 Å². The normalized spacial score (nSPS) is 12.4. The van der Waals surface area contributed by atoms with Gasteiger partial charge in [0.05, 0.1) is 6.04 Å². The Labute approximate surface area is 121 Å². The lowest BCUT2D eigenvalue weighted by atomic mass is 9.99. The van der Waals surface area contributed by atoms with Gasteiger partial charge in [-0.2, -0.15) is 0 Å². The first-order valence-corrected chi connectivity index (χ1v) is 6.52. The molecule has 2 rings (SSSR count). The lowest BCUT2D eigenvalue weighted by Gasteiger charge is -2.18. The van der Waals surface area contributed by atoms with Gasteiger partial charge in [-0.1, -0.05) is 47.5 Å². The topological polar surface area (TPSA) is 38.0 Å². The Morgan fingerprint density at radius 1 is 1.16 bits per heavy atom. The summed E-state index contributed by atoms with van der Waals surface area (Å²) in [6.45, 7) is 0. The van der Waals surface area contributed by atoms with Gasteiger partial charge in [0.2, 0.25) is 0 Å². The quantitative estimate of drug-likeness (QED) is 0.664. The number of nitrogens with two attached hydrogens (primary N) is 1. The summed E-state index contributed by atoms with van der Waals surface area (Å²) in [4.78, 5) is 0. The first-order chi connectivity index (χ1) is 9.11. The zero-order valence-electron chi connectivity index (χ0n) is 10.0. The highest BCUT2D eigenvalue weighted by Crippen LogP contribution is 2.26. The van der Waals surface area contributed by atoms with E-state index in [9.17, 15) is 4.39 Å². The summed E-state index contributed by atoms with van der Waals surface area (Å²) in [5, 5.41) is 1.11. The van der Waals surface area contributed by atoms with E-state index >= 15 is 0 Å². The number of halogens is 3. The van der Waals surface area contributed by atoms with E-state index in [1.165, 1.54) is 6.07 Å². The molecule has 0 heterocycles. The Hall–Kier alpha value is -1.13. The largest absolute Gasteiger partial charge is 0.271 e. The van der Waals surface area contributed by atoms with Crippen molar-refractivity contribution in [3.8, 4) is 0 Å². The lowest BCUT2D eigenvalue weighted by Crippen LogP contribution is -2.30. The lowest BCUT2D eigenvalue weighted by molar-refractivity contribution is 0.510. The second kappa shape index (κ2) is 6.35. The molecule has 19 heavy (non-hydrogen) atoms.